The molecule has 0 unspecified atom stereocenters. The first-order chi connectivity index (χ1) is 12.1. The zero-order valence-electron chi connectivity index (χ0n) is 15.6. The van der Waals surface area contributed by atoms with Crippen LogP contribution in [0.4, 0.5) is 11.5 Å². The Labute approximate surface area is 148 Å². The van der Waals surface area contributed by atoms with Gasteiger partial charge in [0.05, 0.1) is 17.1 Å². The van der Waals surface area contributed by atoms with Crippen LogP contribution in [0.25, 0.3) is 0 Å². The summed E-state index contributed by atoms with van der Waals surface area (Å²) in [5, 5.41) is 13.1. The van der Waals surface area contributed by atoms with Crippen LogP contribution in [0, 0.1) is 6.92 Å². The lowest BCUT2D eigenvalue weighted by atomic mass is 10.2. The van der Waals surface area contributed by atoms with E-state index in [1.807, 2.05) is 30.7 Å². The lowest BCUT2D eigenvalue weighted by Gasteiger charge is -2.20. The Balaban J connectivity index is 1.96. The summed E-state index contributed by atoms with van der Waals surface area (Å²) in [6.45, 7) is 12.2. The van der Waals surface area contributed by atoms with Gasteiger partial charge in [-0.25, -0.2) is 9.98 Å². The van der Waals surface area contributed by atoms with Crippen molar-refractivity contribution in [3.8, 4) is 0 Å². The van der Waals surface area contributed by atoms with Crippen LogP contribution in [0.5, 0.6) is 0 Å². The highest BCUT2D eigenvalue weighted by molar-refractivity contribution is 6.48. The molecule has 0 saturated heterocycles. The molecule has 0 saturated carbocycles. The zero-order valence-corrected chi connectivity index (χ0v) is 15.6. The Morgan fingerprint density at radius 3 is 2.48 bits per heavy atom. The molecule has 2 aromatic heterocycles. The lowest BCUT2D eigenvalue weighted by molar-refractivity contribution is 0.746. The summed E-state index contributed by atoms with van der Waals surface area (Å²) in [6, 6.07) is 4.04. The highest BCUT2D eigenvalue weighted by Gasteiger charge is 2.25. The molecule has 0 fully saturated rings. The summed E-state index contributed by atoms with van der Waals surface area (Å²) in [5.74, 6) is 2.58. The van der Waals surface area contributed by atoms with Gasteiger partial charge in [-0.05, 0) is 46.2 Å². The van der Waals surface area contributed by atoms with Gasteiger partial charge in [0.1, 0.15) is 11.5 Å². The number of aliphatic imine (C=N–C) groups is 1. The molecule has 0 aliphatic carbocycles. The number of hydrogen-bond acceptors (Lipinski definition) is 6. The lowest BCUT2D eigenvalue weighted by Crippen LogP contribution is -2.23. The van der Waals surface area contributed by atoms with Crippen molar-refractivity contribution in [2.45, 2.75) is 47.5 Å². The molecule has 0 radical (unpaired) electrons. The minimum atomic E-state index is 0.716. The molecule has 25 heavy (non-hydrogen) atoms. The van der Waals surface area contributed by atoms with E-state index in [1.165, 1.54) is 0 Å². The molecule has 7 nitrogen and oxygen atoms in total. The van der Waals surface area contributed by atoms with Crippen LogP contribution in [0.15, 0.2) is 22.2 Å². The van der Waals surface area contributed by atoms with Crippen molar-refractivity contribution >= 4 is 22.9 Å². The quantitative estimate of drug-likeness (QED) is 0.810. The first-order valence-electron chi connectivity index (χ1n) is 8.90. The van der Waals surface area contributed by atoms with Crippen molar-refractivity contribution in [1.82, 2.24) is 19.9 Å². The van der Waals surface area contributed by atoms with Crippen LogP contribution in [0.2, 0.25) is 0 Å². The second-order valence-electron chi connectivity index (χ2n) is 6.09. The molecule has 0 spiro atoms. The van der Waals surface area contributed by atoms with E-state index in [-0.39, 0.29) is 0 Å². The number of pyridine rings is 1. The molecule has 1 aliphatic heterocycles. The molecular weight excluding hydrogens is 314 g/mol. The van der Waals surface area contributed by atoms with E-state index < -0.39 is 0 Å². The highest BCUT2D eigenvalue weighted by Crippen LogP contribution is 2.24. The van der Waals surface area contributed by atoms with E-state index in [0.29, 0.717) is 5.82 Å². The Morgan fingerprint density at radius 2 is 1.84 bits per heavy atom. The van der Waals surface area contributed by atoms with Gasteiger partial charge in [-0.15, -0.1) is 10.2 Å². The second kappa shape index (κ2) is 7.13. The number of nitrogens with zero attached hydrogens (tertiary/aromatic N) is 7. The molecule has 132 valence electrons. The predicted molar refractivity (Wildman–Crippen MR) is 101 cm³/mol. The van der Waals surface area contributed by atoms with E-state index in [9.17, 15) is 0 Å². The standard InChI is InChI=1S/C18H25N7/c1-6-9-16-21-22-18-17(13(5)23-25(16)18)20-14-10-11-15(19-12(14)4)24(7-2)8-3/h10-11H,6-9H2,1-5H3. The van der Waals surface area contributed by atoms with E-state index in [0.717, 1.165) is 60.4 Å². The van der Waals surface area contributed by atoms with Gasteiger partial charge in [0.25, 0.3) is 0 Å². The molecule has 3 rings (SSSR count). The van der Waals surface area contributed by atoms with Gasteiger partial charge in [-0.3, -0.25) is 0 Å². The van der Waals surface area contributed by atoms with Crippen molar-refractivity contribution in [3.05, 3.63) is 29.5 Å². The Bertz CT molecular complexity index is 828. The van der Waals surface area contributed by atoms with Crippen molar-refractivity contribution in [2.75, 3.05) is 18.0 Å². The van der Waals surface area contributed by atoms with Crippen molar-refractivity contribution in [2.24, 2.45) is 10.1 Å². The summed E-state index contributed by atoms with van der Waals surface area (Å²) in [4.78, 5) is 11.7. The number of aryl methyl sites for hydroxylation is 2. The molecule has 0 N–H and O–H groups in total. The Hall–Kier alpha value is -2.57. The maximum Gasteiger partial charge on any atom is 0.205 e. The molecule has 0 atom stereocenters. The minimum Gasteiger partial charge on any atom is -0.357 e. The van der Waals surface area contributed by atoms with Crippen molar-refractivity contribution < 1.29 is 0 Å². The molecule has 0 amide bonds. The first kappa shape index (κ1) is 17.3. The third kappa shape index (κ3) is 3.18. The minimum absolute atomic E-state index is 0.716. The van der Waals surface area contributed by atoms with E-state index in [1.54, 1.807) is 0 Å². The van der Waals surface area contributed by atoms with Gasteiger partial charge in [0.2, 0.25) is 5.82 Å². The average Bonchev–Trinajstić information content (AvgIpc) is 3.11. The first-order valence-corrected chi connectivity index (χ1v) is 8.90. The number of aromatic nitrogens is 4. The van der Waals surface area contributed by atoms with Crippen LogP contribution in [0.1, 0.15) is 51.5 Å². The van der Waals surface area contributed by atoms with Crippen LogP contribution in [-0.4, -0.2) is 44.4 Å². The van der Waals surface area contributed by atoms with Crippen LogP contribution < -0.4 is 4.90 Å². The largest absolute Gasteiger partial charge is 0.357 e. The fraction of sp³-hybridized carbons (Fsp3) is 0.500. The van der Waals surface area contributed by atoms with Gasteiger partial charge < -0.3 is 4.90 Å². The average molecular weight is 339 g/mol. The summed E-state index contributed by atoms with van der Waals surface area (Å²) < 4.78 is 1.81. The van der Waals surface area contributed by atoms with Crippen LogP contribution in [0.3, 0.4) is 0 Å². The predicted octanol–water partition coefficient (Wildman–Crippen LogP) is 3.14. The van der Waals surface area contributed by atoms with E-state index >= 15 is 0 Å². The fourth-order valence-corrected chi connectivity index (χ4v) is 2.94. The fourth-order valence-electron chi connectivity index (χ4n) is 2.94. The third-order valence-corrected chi connectivity index (χ3v) is 4.35. The number of fused-ring (bicyclic) bond motifs is 1. The summed E-state index contributed by atoms with van der Waals surface area (Å²) >= 11 is 0. The van der Waals surface area contributed by atoms with E-state index in [2.05, 4.69) is 41.0 Å². The maximum atomic E-state index is 4.79. The molecule has 0 aromatic carbocycles. The van der Waals surface area contributed by atoms with Crippen LogP contribution >= 0.6 is 0 Å². The molecule has 1 aliphatic rings. The molecule has 0 bridgehead atoms. The smallest absolute Gasteiger partial charge is 0.205 e. The summed E-state index contributed by atoms with van der Waals surface area (Å²) in [5.41, 5.74) is 3.37. The highest BCUT2D eigenvalue weighted by atomic mass is 15.5. The maximum absolute atomic E-state index is 4.79. The van der Waals surface area contributed by atoms with Crippen molar-refractivity contribution in [3.63, 3.8) is 0 Å². The Kier molecular flexibility index (Phi) is 4.92. The van der Waals surface area contributed by atoms with Gasteiger partial charge in [0, 0.05) is 19.5 Å². The zero-order chi connectivity index (χ0) is 18.0. The Morgan fingerprint density at radius 1 is 1.08 bits per heavy atom. The van der Waals surface area contributed by atoms with Gasteiger partial charge in [-0.2, -0.15) is 9.78 Å². The SMILES string of the molecule is CCCc1nnc2n1N=C(C)C2=Nc1ccc(N(CC)CC)nc1C. The van der Waals surface area contributed by atoms with E-state index in [4.69, 9.17) is 9.98 Å². The number of hydrogen-bond donors (Lipinski definition) is 0. The molecule has 7 heteroatoms. The summed E-state index contributed by atoms with van der Waals surface area (Å²) in [7, 11) is 0. The second-order valence-corrected chi connectivity index (χ2v) is 6.09. The van der Waals surface area contributed by atoms with Gasteiger partial charge in [0.15, 0.2) is 5.82 Å². The summed E-state index contributed by atoms with van der Waals surface area (Å²) in [6.07, 6.45) is 1.87. The number of anilines is 1. The molecular formula is C18H25N7. The molecule has 3 heterocycles. The monoisotopic (exact) mass is 339 g/mol. The van der Waals surface area contributed by atoms with Crippen molar-refractivity contribution in [1.29, 1.82) is 0 Å². The normalized spacial score (nSPS) is 14.8. The third-order valence-electron chi connectivity index (χ3n) is 4.35. The number of rotatable bonds is 6. The van der Waals surface area contributed by atoms with Gasteiger partial charge in [-0.1, -0.05) is 6.92 Å². The van der Waals surface area contributed by atoms with Crippen LogP contribution in [-0.2, 0) is 6.42 Å². The topological polar surface area (TPSA) is 71.6 Å². The molecule has 2 aromatic rings. The van der Waals surface area contributed by atoms with Gasteiger partial charge >= 0.3 is 0 Å².